The third-order valence-electron chi connectivity index (χ3n) is 5.06. The molecule has 1 nitrogen and oxygen atoms in total. The first kappa shape index (κ1) is 9.89. The van der Waals surface area contributed by atoms with Gasteiger partial charge in [-0.25, -0.2) is 0 Å². The molecule has 84 valence electrons. The minimum Gasteiger partial charge on any atom is -0.303 e. The number of hydrogen-bond donors (Lipinski definition) is 0. The highest BCUT2D eigenvalue weighted by Gasteiger charge is 2.50. The smallest absolute Gasteiger partial charge is 0.0152 e. The maximum atomic E-state index is 2.64. The molecule has 1 heteroatoms. The lowest BCUT2D eigenvalue weighted by molar-refractivity contribution is 0.118. The molecule has 0 spiro atoms. The van der Waals surface area contributed by atoms with E-state index in [1.54, 1.807) is 0 Å². The fraction of sp³-hybridized carbons (Fsp3) is 0.857. The Labute approximate surface area is 93.5 Å². The van der Waals surface area contributed by atoms with E-state index in [1.165, 1.54) is 19.4 Å². The van der Waals surface area contributed by atoms with Crippen molar-refractivity contribution in [2.45, 2.75) is 32.7 Å². The zero-order valence-electron chi connectivity index (χ0n) is 10.2. The summed E-state index contributed by atoms with van der Waals surface area (Å²) in [4.78, 5) is 2.64. The van der Waals surface area contributed by atoms with Crippen molar-refractivity contribution >= 4 is 0 Å². The monoisotopic (exact) mass is 205 g/mol. The summed E-state index contributed by atoms with van der Waals surface area (Å²) in [5.74, 6) is 4.58. The Bertz CT molecular complexity index is 281. The number of fused-ring (bicyclic) bond motifs is 1. The largest absolute Gasteiger partial charge is 0.303 e. The quantitative estimate of drug-likeness (QED) is 0.595. The van der Waals surface area contributed by atoms with E-state index in [2.05, 4.69) is 37.9 Å². The fourth-order valence-electron chi connectivity index (χ4n) is 4.61. The van der Waals surface area contributed by atoms with Gasteiger partial charge >= 0.3 is 0 Å². The van der Waals surface area contributed by atoms with E-state index in [1.807, 2.05) is 0 Å². The number of likely N-dealkylation sites (tertiary alicyclic amines) is 1. The van der Waals surface area contributed by atoms with Gasteiger partial charge in [-0.2, -0.15) is 0 Å². The molecule has 1 saturated carbocycles. The van der Waals surface area contributed by atoms with Crippen LogP contribution in [0.25, 0.3) is 0 Å². The first-order valence-corrected chi connectivity index (χ1v) is 6.57. The molecule has 1 heterocycles. The highest BCUT2D eigenvalue weighted by Crippen LogP contribution is 2.51. The van der Waals surface area contributed by atoms with Gasteiger partial charge in [0.2, 0.25) is 0 Å². The van der Waals surface area contributed by atoms with Crippen molar-refractivity contribution in [1.82, 2.24) is 4.90 Å². The topological polar surface area (TPSA) is 3.24 Å². The SMILES string of the molecule is CC(C)C1C2C3C=CC(CC3)C2CN1C. The van der Waals surface area contributed by atoms with Crippen LogP contribution in [0.1, 0.15) is 26.7 Å². The van der Waals surface area contributed by atoms with Gasteiger partial charge in [0.05, 0.1) is 0 Å². The average Bonchev–Trinajstić information content (AvgIpc) is 2.58. The zero-order valence-corrected chi connectivity index (χ0v) is 10.2. The van der Waals surface area contributed by atoms with Gasteiger partial charge < -0.3 is 4.90 Å². The predicted octanol–water partition coefficient (Wildman–Crippen LogP) is 2.78. The molecule has 5 unspecified atom stereocenters. The number of rotatable bonds is 1. The Hall–Kier alpha value is -0.300. The summed E-state index contributed by atoms with van der Waals surface area (Å²) in [5, 5.41) is 0. The van der Waals surface area contributed by atoms with E-state index in [0.717, 1.165) is 35.6 Å². The molecular weight excluding hydrogens is 182 g/mol. The van der Waals surface area contributed by atoms with E-state index < -0.39 is 0 Å². The molecule has 0 amide bonds. The van der Waals surface area contributed by atoms with Crippen molar-refractivity contribution in [3.05, 3.63) is 12.2 Å². The Balaban J connectivity index is 1.92. The summed E-state index contributed by atoms with van der Waals surface area (Å²) < 4.78 is 0. The van der Waals surface area contributed by atoms with Gasteiger partial charge in [0.25, 0.3) is 0 Å². The lowest BCUT2D eigenvalue weighted by atomic mass is 9.61. The van der Waals surface area contributed by atoms with Crippen LogP contribution in [-0.4, -0.2) is 24.5 Å². The van der Waals surface area contributed by atoms with Crippen LogP contribution in [0.5, 0.6) is 0 Å². The second-order valence-electron chi connectivity index (χ2n) is 6.21. The minimum absolute atomic E-state index is 0.817. The van der Waals surface area contributed by atoms with Gasteiger partial charge in [-0.1, -0.05) is 26.0 Å². The maximum absolute atomic E-state index is 2.64. The van der Waals surface area contributed by atoms with Crippen molar-refractivity contribution in [3.8, 4) is 0 Å². The molecule has 2 bridgehead atoms. The molecule has 3 aliphatic carbocycles. The summed E-state index contributed by atoms with van der Waals surface area (Å²) in [5.41, 5.74) is 0. The second-order valence-corrected chi connectivity index (χ2v) is 6.21. The van der Waals surface area contributed by atoms with Gasteiger partial charge in [0, 0.05) is 12.6 Å². The molecule has 0 N–H and O–H groups in total. The Morgan fingerprint density at radius 2 is 1.80 bits per heavy atom. The number of nitrogens with zero attached hydrogens (tertiary/aromatic N) is 1. The minimum atomic E-state index is 0.817. The lowest BCUT2D eigenvalue weighted by Crippen LogP contribution is -2.42. The Kier molecular flexibility index (Phi) is 2.21. The molecule has 5 atom stereocenters. The first-order valence-electron chi connectivity index (χ1n) is 6.57. The number of allylic oxidation sites excluding steroid dienone is 2. The van der Waals surface area contributed by atoms with E-state index in [-0.39, 0.29) is 0 Å². The molecule has 4 aliphatic rings. The van der Waals surface area contributed by atoms with Gasteiger partial charge in [-0.05, 0) is 49.5 Å². The van der Waals surface area contributed by atoms with Crippen molar-refractivity contribution in [2.24, 2.45) is 29.6 Å². The molecule has 4 rings (SSSR count). The van der Waals surface area contributed by atoms with E-state index >= 15 is 0 Å². The second kappa shape index (κ2) is 3.35. The van der Waals surface area contributed by atoms with Crippen molar-refractivity contribution in [1.29, 1.82) is 0 Å². The highest BCUT2D eigenvalue weighted by atomic mass is 15.2. The lowest BCUT2D eigenvalue weighted by Gasteiger charge is -2.44. The summed E-state index contributed by atoms with van der Waals surface area (Å²) in [6.45, 7) is 6.14. The van der Waals surface area contributed by atoms with Crippen LogP contribution in [0.3, 0.4) is 0 Å². The van der Waals surface area contributed by atoms with Crippen molar-refractivity contribution in [2.75, 3.05) is 13.6 Å². The van der Waals surface area contributed by atoms with Crippen molar-refractivity contribution in [3.63, 3.8) is 0 Å². The van der Waals surface area contributed by atoms with Gasteiger partial charge in [0.1, 0.15) is 0 Å². The summed E-state index contributed by atoms with van der Waals surface area (Å²) in [6.07, 6.45) is 7.97. The summed E-state index contributed by atoms with van der Waals surface area (Å²) in [6, 6.07) is 0.841. The molecule has 1 aliphatic heterocycles. The van der Waals surface area contributed by atoms with Crippen LogP contribution in [0.15, 0.2) is 12.2 Å². The Morgan fingerprint density at radius 1 is 1.13 bits per heavy atom. The van der Waals surface area contributed by atoms with Crippen LogP contribution >= 0.6 is 0 Å². The number of hydrogen-bond acceptors (Lipinski definition) is 1. The molecule has 0 aromatic rings. The van der Waals surface area contributed by atoms with E-state index in [0.29, 0.717) is 0 Å². The van der Waals surface area contributed by atoms with E-state index in [9.17, 15) is 0 Å². The molecule has 2 fully saturated rings. The van der Waals surface area contributed by atoms with Crippen molar-refractivity contribution < 1.29 is 0 Å². The average molecular weight is 205 g/mol. The predicted molar refractivity (Wildman–Crippen MR) is 63.6 cm³/mol. The van der Waals surface area contributed by atoms with Gasteiger partial charge in [0.15, 0.2) is 0 Å². The summed E-state index contributed by atoms with van der Waals surface area (Å²) in [7, 11) is 2.34. The molecule has 0 aromatic heterocycles. The molecule has 1 saturated heterocycles. The molecule has 0 radical (unpaired) electrons. The van der Waals surface area contributed by atoms with Gasteiger partial charge in [-0.3, -0.25) is 0 Å². The van der Waals surface area contributed by atoms with Crippen LogP contribution in [0.2, 0.25) is 0 Å². The van der Waals surface area contributed by atoms with Crippen LogP contribution in [-0.2, 0) is 0 Å². The third kappa shape index (κ3) is 1.32. The Morgan fingerprint density at radius 3 is 2.40 bits per heavy atom. The normalized spacial score (nSPS) is 48.9. The fourth-order valence-corrected chi connectivity index (χ4v) is 4.61. The molecular formula is C14H23N. The van der Waals surface area contributed by atoms with Crippen LogP contribution in [0, 0.1) is 29.6 Å². The standard InChI is InChI=1S/C14H23N/c1-9(2)14-13-11-6-4-10(5-7-11)12(13)8-15(14)3/h4,6,9-14H,5,7-8H2,1-3H3. The summed E-state index contributed by atoms with van der Waals surface area (Å²) >= 11 is 0. The van der Waals surface area contributed by atoms with Gasteiger partial charge in [-0.15, -0.1) is 0 Å². The van der Waals surface area contributed by atoms with Crippen LogP contribution in [0.4, 0.5) is 0 Å². The van der Waals surface area contributed by atoms with Crippen LogP contribution < -0.4 is 0 Å². The molecule has 0 aromatic carbocycles. The van der Waals surface area contributed by atoms with E-state index in [4.69, 9.17) is 0 Å². The maximum Gasteiger partial charge on any atom is 0.0152 e. The third-order valence-corrected chi connectivity index (χ3v) is 5.06. The highest BCUT2D eigenvalue weighted by molar-refractivity contribution is 5.15. The zero-order chi connectivity index (χ0) is 10.6. The first-order chi connectivity index (χ1) is 7.18. The molecule has 15 heavy (non-hydrogen) atoms.